The van der Waals surface area contributed by atoms with Gasteiger partial charge in [-0.25, -0.2) is 0 Å². The van der Waals surface area contributed by atoms with E-state index in [1.54, 1.807) is 4.90 Å². The van der Waals surface area contributed by atoms with E-state index in [9.17, 15) is 32.9 Å². The lowest BCUT2D eigenvalue weighted by Gasteiger charge is -2.34. The molecule has 1 saturated heterocycles. The predicted molar refractivity (Wildman–Crippen MR) is 89.9 cm³/mol. The fourth-order valence-electron chi connectivity index (χ4n) is 2.99. The lowest BCUT2D eigenvalue weighted by atomic mass is 10.1. The number of benzene rings is 1. The summed E-state index contributed by atoms with van der Waals surface area (Å²) in [5, 5.41) is 11.2. The Morgan fingerprint density at radius 1 is 1.14 bits per heavy atom. The molecular weight excluding hydrogens is 383 g/mol. The molecule has 0 atom stereocenters. The molecule has 152 valence electrons. The van der Waals surface area contributed by atoms with Gasteiger partial charge >= 0.3 is 6.18 Å². The van der Waals surface area contributed by atoms with Gasteiger partial charge in [-0.2, -0.15) is 13.2 Å². The highest BCUT2D eigenvalue weighted by Crippen LogP contribution is 2.32. The first kappa shape index (κ1) is 19.9. The van der Waals surface area contributed by atoms with Crippen LogP contribution in [0.5, 0.6) is 5.75 Å². The highest BCUT2D eigenvalue weighted by molar-refractivity contribution is 5.98. The smallest absolute Gasteiger partial charge is 0.422 e. The van der Waals surface area contributed by atoms with Gasteiger partial charge < -0.3 is 14.5 Å². The molecule has 1 aliphatic carbocycles. The van der Waals surface area contributed by atoms with Crippen molar-refractivity contribution in [1.29, 1.82) is 0 Å². The van der Waals surface area contributed by atoms with Crippen LogP contribution in [0.2, 0.25) is 0 Å². The Bertz CT molecular complexity index is 787. The molecule has 1 aliphatic heterocycles. The molecule has 0 bridgehead atoms. The van der Waals surface area contributed by atoms with Crippen LogP contribution < -0.4 is 4.74 Å². The molecule has 1 aromatic carbocycles. The fourth-order valence-corrected chi connectivity index (χ4v) is 2.99. The maximum Gasteiger partial charge on any atom is 0.422 e. The molecule has 0 N–H and O–H groups in total. The molecular formula is C17H18F3N3O5. The Morgan fingerprint density at radius 2 is 1.75 bits per heavy atom. The van der Waals surface area contributed by atoms with Crippen LogP contribution in [0.4, 0.5) is 18.9 Å². The number of nitro groups is 1. The summed E-state index contributed by atoms with van der Waals surface area (Å²) in [7, 11) is 0. The molecule has 0 aromatic heterocycles. The van der Waals surface area contributed by atoms with Crippen molar-refractivity contribution in [2.75, 3.05) is 32.8 Å². The number of carbonyl (C=O) groups excluding carboxylic acids is 2. The quantitative estimate of drug-likeness (QED) is 0.557. The standard InChI is InChI=1S/C17H18F3N3O5/c18-17(19,20)10-28-12-3-4-14(23(26)27)13(9-12)16(25)22-7-5-21(6-8-22)15(24)11-1-2-11/h3-4,9,11H,1-2,5-8,10H2. The Balaban J connectivity index is 1.72. The average Bonchev–Trinajstić information content (AvgIpc) is 3.49. The van der Waals surface area contributed by atoms with Crippen molar-refractivity contribution in [3.8, 4) is 5.75 Å². The van der Waals surface area contributed by atoms with E-state index in [4.69, 9.17) is 0 Å². The van der Waals surface area contributed by atoms with E-state index in [1.165, 1.54) is 4.90 Å². The summed E-state index contributed by atoms with van der Waals surface area (Å²) in [5.74, 6) is -0.845. The van der Waals surface area contributed by atoms with E-state index in [-0.39, 0.29) is 36.2 Å². The van der Waals surface area contributed by atoms with Gasteiger partial charge in [0, 0.05) is 38.2 Å². The van der Waals surface area contributed by atoms with Gasteiger partial charge in [0.2, 0.25) is 5.91 Å². The fraction of sp³-hybridized carbons (Fsp3) is 0.529. The number of amides is 2. The second-order valence-corrected chi connectivity index (χ2v) is 6.73. The van der Waals surface area contributed by atoms with Crippen LogP contribution in [0.3, 0.4) is 0 Å². The Kier molecular flexibility index (Phi) is 5.43. The van der Waals surface area contributed by atoms with E-state index >= 15 is 0 Å². The lowest BCUT2D eigenvalue weighted by Crippen LogP contribution is -2.51. The van der Waals surface area contributed by atoms with Gasteiger partial charge in [0.25, 0.3) is 11.6 Å². The molecule has 1 saturated carbocycles. The van der Waals surface area contributed by atoms with Crippen LogP contribution in [-0.2, 0) is 4.79 Å². The third-order valence-electron chi connectivity index (χ3n) is 4.60. The maximum atomic E-state index is 12.7. The summed E-state index contributed by atoms with van der Waals surface area (Å²) in [6.07, 6.45) is -2.83. The van der Waals surface area contributed by atoms with Crippen LogP contribution >= 0.6 is 0 Å². The van der Waals surface area contributed by atoms with Crippen molar-refractivity contribution in [1.82, 2.24) is 9.80 Å². The molecule has 28 heavy (non-hydrogen) atoms. The second-order valence-electron chi connectivity index (χ2n) is 6.73. The Hall–Kier alpha value is -2.85. The van der Waals surface area contributed by atoms with Crippen LogP contribution in [0.15, 0.2) is 18.2 Å². The van der Waals surface area contributed by atoms with Gasteiger partial charge in [-0.15, -0.1) is 0 Å². The highest BCUT2D eigenvalue weighted by atomic mass is 19.4. The largest absolute Gasteiger partial charge is 0.484 e. The first-order valence-electron chi connectivity index (χ1n) is 8.72. The second kappa shape index (κ2) is 7.64. The Labute approximate surface area is 158 Å². The van der Waals surface area contributed by atoms with E-state index in [0.29, 0.717) is 13.1 Å². The zero-order valence-corrected chi connectivity index (χ0v) is 14.8. The third kappa shape index (κ3) is 4.70. The van der Waals surface area contributed by atoms with Crippen molar-refractivity contribution in [3.63, 3.8) is 0 Å². The zero-order valence-electron chi connectivity index (χ0n) is 14.8. The first-order chi connectivity index (χ1) is 13.2. The van der Waals surface area contributed by atoms with Gasteiger partial charge in [-0.3, -0.25) is 19.7 Å². The van der Waals surface area contributed by atoms with Crippen molar-refractivity contribution >= 4 is 17.5 Å². The molecule has 0 unspecified atom stereocenters. The van der Waals surface area contributed by atoms with E-state index in [2.05, 4.69) is 4.74 Å². The van der Waals surface area contributed by atoms with Gasteiger partial charge in [0.05, 0.1) is 4.92 Å². The molecule has 3 rings (SSSR count). The van der Waals surface area contributed by atoms with E-state index < -0.39 is 29.3 Å². The molecule has 1 aromatic rings. The summed E-state index contributed by atoms with van der Waals surface area (Å²) < 4.78 is 41.6. The summed E-state index contributed by atoms with van der Waals surface area (Å²) in [6, 6.07) is 2.92. The van der Waals surface area contributed by atoms with E-state index in [1.807, 2.05) is 0 Å². The number of nitrogens with zero attached hydrogens (tertiary/aromatic N) is 3. The molecule has 2 amide bonds. The van der Waals surface area contributed by atoms with Crippen LogP contribution in [0.25, 0.3) is 0 Å². The summed E-state index contributed by atoms with van der Waals surface area (Å²) in [4.78, 5) is 38.3. The molecule has 8 nitrogen and oxygen atoms in total. The maximum absolute atomic E-state index is 12.7. The molecule has 2 fully saturated rings. The van der Waals surface area contributed by atoms with E-state index in [0.717, 1.165) is 31.0 Å². The van der Waals surface area contributed by atoms with Gasteiger partial charge in [0.15, 0.2) is 6.61 Å². The monoisotopic (exact) mass is 401 g/mol. The lowest BCUT2D eigenvalue weighted by molar-refractivity contribution is -0.385. The predicted octanol–water partition coefficient (Wildman–Crippen LogP) is 2.23. The minimum absolute atomic E-state index is 0.0561. The van der Waals surface area contributed by atoms with Crippen molar-refractivity contribution in [2.24, 2.45) is 5.92 Å². The van der Waals surface area contributed by atoms with Crippen molar-refractivity contribution in [2.45, 2.75) is 19.0 Å². The number of carbonyl (C=O) groups is 2. The zero-order chi connectivity index (χ0) is 20.5. The van der Waals surface area contributed by atoms with Gasteiger partial charge in [-0.1, -0.05) is 0 Å². The molecule has 1 heterocycles. The summed E-state index contributed by atoms with van der Waals surface area (Å²) in [6.45, 7) is -0.539. The summed E-state index contributed by atoms with van der Waals surface area (Å²) >= 11 is 0. The normalized spacial score (nSPS) is 17.4. The first-order valence-corrected chi connectivity index (χ1v) is 8.72. The van der Waals surface area contributed by atoms with Crippen LogP contribution in [0.1, 0.15) is 23.2 Å². The minimum atomic E-state index is -4.57. The third-order valence-corrected chi connectivity index (χ3v) is 4.60. The SMILES string of the molecule is O=C(c1cc(OCC(F)(F)F)ccc1[N+](=O)[O-])N1CCN(C(=O)C2CC2)CC1. The number of alkyl halides is 3. The molecule has 0 radical (unpaired) electrons. The summed E-state index contributed by atoms with van der Waals surface area (Å²) in [5.41, 5.74) is -0.854. The van der Waals surface area contributed by atoms with Gasteiger partial charge in [0.1, 0.15) is 11.3 Å². The van der Waals surface area contributed by atoms with Crippen LogP contribution in [-0.4, -0.2) is 65.5 Å². The number of hydrogen-bond acceptors (Lipinski definition) is 5. The number of halogens is 3. The molecule has 11 heteroatoms. The van der Waals surface area contributed by atoms with Crippen LogP contribution in [0, 0.1) is 16.0 Å². The highest BCUT2D eigenvalue weighted by Gasteiger charge is 2.36. The topological polar surface area (TPSA) is 93.0 Å². The van der Waals surface area contributed by atoms with Gasteiger partial charge in [-0.05, 0) is 25.0 Å². The Morgan fingerprint density at radius 3 is 2.29 bits per heavy atom. The minimum Gasteiger partial charge on any atom is -0.484 e. The van der Waals surface area contributed by atoms with Crippen molar-refractivity contribution in [3.05, 3.63) is 33.9 Å². The molecule has 0 spiro atoms. The number of nitro benzene ring substituents is 1. The number of piperazine rings is 1. The number of ether oxygens (including phenoxy) is 1. The van der Waals surface area contributed by atoms with Crippen molar-refractivity contribution < 1.29 is 32.4 Å². The number of rotatable bonds is 5. The average molecular weight is 401 g/mol. The number of hydrogen-bond donors (Lipinski definition) is 0. The molecule has 2 aliphatic rings.